The summed E-state index contributed by atoms with van der Waals surface area (Å²) in [7, 11) is 1.64. The first-order valence-electron chi connectivity index (χ1n) is 8.28. The van der Waals surface area contributed by atoms with Gasteiger partial charge >= 0.3 is 0 Å². The van der Waals surface area contributed by atoms with Gasteiger partial charge in [0.25, 0.3) is 5.91 Å². The second-order valence-electron chi connectivity index (χ2n) is 5.90. The molecule has 0 saturated heterocycles. The summed E-state index contributed by atoms with van der Waals surface area (Å²) in [5, 5.41) is 4.19. The fraction of sp³-hybridized carbons (Fsp3) is 0.150. The van der Waals surface area contributed by atoms with Gasteiger partial charge in [-0.1, -0.05) is 17.7 Å². The van der Waals surface area contributed by atoms with Crippen molar-refractivity contribution >= 4 is 23.7 Å². The van der Waals surface area contributed by atoms with Crippen LogP contribution in [0, 0.1) is 13.8 Å². The van der Waals surface area contributed by atoms with E-state index in [1.807, 2.05) is 44.2 Å². The maximum atomic E-state index is 12.1. The van der Waals surface area contributed by atoms with E-state index in [1.165, 1.54) is 6.20 Å². The van der Waals surface area contributed by atoms with E-state index in [0.29, 0.717) is 0 Å². The van der Waals surface area contributed by atoms with E-state index in [-0.39, 0.29) is 10.7 Å². The van der Waals surface area contributed by atoms with Crippen LogP contribution in [0.15, 0.2) is 53.8 Å². The first kappa shape index (κ1) is 18.7. The van der Waals surface area contributed by atoms with Crippen LogP contribution in [-0.4, -0.2) is 28.8 Å². The number of amides is 1. The normalized spacial score (nSPS) is 11.0. The van der Waals surface area contributed by atoms with Crippen molar-refractivity contribution in [1.29, 1.82) is 0 Å². The minimum Gasteiger partial charge on any atom is -0.497 e. The Balaban J connectivity index is 1.81. The number of carbonyl (C=O) groups excluding carboxylic acids is 1. The van der Waals surface area contributed by atoms with Crippen LogP contribution in [0.5, 0.6) is 5.75 Å². The highest BCUT2D eigenvalue weighted by molar-refractivity contribution is 6.32. The molecule has 1 amide bonds. The lowest BCUT2D eigenvalue weighted by atomic mass is 10.2. The zero-order valence-electron chi connectivity index (χ0n) is 15.2. The molecule has 0 aliphatic carbocycles. The Labute approximate surface area is 162 Å². The predicted molar refractivity (Wildman–Crippen MR) is 106 cm³/mol. The number of aryl methyl sites for hydroxylation is 1. The molecule has 7 heteroatoms. The van der Waals surface area contributed by atoms with Crippen LogP contribution >= 0.6 is 11.6 Å². The smallest absolute Gasteiger partial charge is 0.274 e. The van der Waals surface area contributed by atoms with Gasteiger partial charge in [0.15, 0.2) is 0 Å². The molecule has 0 aliphatic heterocycles. The number of hydrogen-bond acceptors (Lipinski definition) is 4. The molecule has 3 rings (SSSR count). The quantitative estimate of drug-likeness (QED) is 0.413. The number of nitrogens with one attached hydrogen (secondary N) is 1. The molecule has 0 fully saturated rings. The van der Waals surface area contributed by atoms with Crippen LogP contribution in [0.4, 0.5) is 0 Å². The number of benzene rings is 1. The lowest BCUT2D eigenvalue weighted by molar-refractivity contribution is 0.0955. The van der Waals surface area contributed by atoms with Gasteiger partial charge in [-0.15, -0.1) is 0 Å². The minimum atomic E-state index is -0.411. The van der Waals surface area contributed by atoms with Crippen molar-refractivity contribution in [3.8, 4) is 11.4 Å². The van der Waals surface area contributed by atoms with Gasteiger partial charge in [0, 0.05) is 34.9 Å². The van der Waals surface area contributed by atoms with Gasteiger partial charge in [0.2, 0.25) is 0 Å². The lowest BCUT2D eigenvalue weighted by Crippen LogP contribution is -2.18. The number of pyridine rings is 1. The van der Waals surface area contributed by atoms with E-state index in [4.69, 9.17) is 16.3 Å². The summed E-state index contributed by atoms with van der Waals surface area (Å²) in [5.41, 5.74) is 6.69. The highest BCUT2D eigenvalue weighted by Gasteiger charge is 2.11. The number of hydrogen-bond donors (Lipinski definition) is 1. The number of hydrazone groups is 1. The third-order valence-electron chi connectivity index (χ3n) is 4.16. The molecule has 3 aromatic rings. The topological polar surface area (TPSA) is 68.5 Å². The third kappa shape index (κ3) is 4.01. The monoisotopic (exact) mass is 382 g/mol. The second kappa shape index (κ2) is 8.05. The van der Waals surface area contributed by atoms with Crippen molar-refractivity contribution in [3.63, 3.8) is 0 Å². The molecule has 2 aromatic heterocycles. The van der Waals surface area contributed by atoms with Crippen LogP contribution < -0.4 is 10.2 Å². The van der Waals surface area contributed by atoms with Crippen molar-refractivity contribution in [3.05, 3.63) is 76.3 Å². The molecule has 1 aromatic carbocycles. The molecule has 0 unspecified atom stereocenters. The average Bonchev–Trinajstić information content (AvgIpc) is 2.95. The van der Waals surface area contributed by atoms with Gasteiger partial charge in [-0.2, -0.15) is 5.10 Å². The highest BCUT2D eigenvalue weighted by Crippen LogP contribution is 2.23. The Hall–Kier alpha value is -3.12. The predicted octanol–water partition coefficient (Wildman–Crippen LogP) is 3.92. The standard InChI is InChI=1S/C20H19ClN4O2/c1-13-10-15(12-23-24-20(26)18-8-5-9-22-19(18)21)14(2)25(13)16-6-4-7-17(11-16)27-3/h4-12H,1-3H3,(H,24,26). The Kier molecular flexibility index (Phi) is 5.57. The lowest BCUT2D eigenvalue weighted by Gasteiger charge is -2.11. The SMILES string of the molecule is COc1cccc(-n2c(C)cc(C=NNC(=O)c3cccnc3Cl)c2C)c1. The summed E-state index contributed by atoms with van der Waals surface area (Å²) in [6, 6.07) is 13.1. The Morgan fingerprint density at radius 2 is 2.07 bits per heavy atom. The van der Waals surface area contributed by atoms with Crippen molar-refractivity contribution in [2.45, 2.75) is 13.8 Å². The van der Waals surface area contributed by atoms with E-state index in [0.717, 1.165) is 28.4 Å². The molecule has 6 nitrogen and oxygen atoms in total. The van der Waals surface area contributed by atoms with Crippen molar-refractivity contribution in [2.75, 3.05) is 7.11 Å². The van der Waals surface area contributed by atoms with Crippen LogP contribution in [-0.2, 0) is 0 Å². The van der Waals surface area contributed by atoms with Crippen molar-refractivity contribution in [2.24, 2.45) is 5.10 Å². The second-order valence-corrected chi connectivity index (χ2v) is 6.26. The molecular formula is C20H19ClN4O2. The summed E-state index contributed by atoms with van der Waals surface area (Å²) in [6.45, 7) is 4.01. The molecule has 1 N–H and O–H groups in total. The van der Waals surface area contributed by atoms with Crippen LogP contribution in [0.2, 0.25) is 5.15 Å². The molecule has 0 bridgehead atoms. The van der Waals surface area contributed by atoms with E-state index < -0.39 is 5.91 Å². The fourth-order valence-corrected chi connectivity index (χ4v) is 3.05. The van der Waals surface area contributed by atoms with E-state index in [2.05, 4.69) is 20.1 Å². The van der Waals surface area contributed by atoms with Gasteiger partial charge in [0.05, 0.1) is 18.9 Å². The Morgan fingerprint density at radius 1 is 1.26 bits per heavy atom. The zero-order valence-corrected chi connectivity index (χ0v) is 16.0. The molecule has 0 spiro atoms. The minimum absolute atomic E-state index is 0.140. The molecule has 27 heavy (non-hydrogen) atoms. The molecule has 0 radical (unpaired) electrons. The summed E-state index contributed by atoms with van der Waals surface area (Å²) in [5.74, 6) is 0.377. The Morgan fingerprint density at radius 3 is 2.81 bits per heavy atom. The van der Waals surface area contributed by atoms with Gasteiger partial charge < -0.3 is 9.30 Å². The summed E-state index contributed by atoms with van der Waals surface area (Å²) < 4.78 is 7.40. The van der Waals surface area contributed by atoms with E-state index in [1.54, 1.807) is 25.5 Å². The molecule has 0 aliphatic rings. The number of methoxy groups -OCH3 is 1. The number of aromatic nitrogens is 2. The number of carbonyl (C=O) groups is 1. The van der Waals surface area contributed by atoms with Crippen molar-refractivity contribution < 1.29 is 9.53 Å². The number of rotatable bonds is 5. The zero-order chi connectivity index (χ0) is 19.4. The highest BCUT2D eigenvalue weighted by atomic mass is 35.5. The van der Waals surface area contributed by atoms with Gasteiger partial charge in [-0.3, -0.25) is 4.79 Å². The van der Waals surface area contributed by atoms with Crippen LogP contribution in [0.25, 0.3) is 5.69 Å². The maximum Gasteiger partial charge on any atom is 0.274 e. The first-order valence-corrected chi connectivity index (χ1v) is 8.66. The average molecular weight is 383 g/mol. The summed E-state index contributed by atoms with van der Waals surface area (Å²) >= 11 is 5.92. The first-order chi connectivity index (χ1) is 13.0. The molecule has 0 atom stereocenters. The largest absolute Gasteiger partial charge is 0.497 e. The maximum absolute atomic E-state index is 12.1. The molecule has 2 heterocycles. The van der Waals surface area contributed by atoms with E-state index in [9.17, 15) is 4.79 Å². The fourth-order valence-electron chi connectivity index (χ4n) is 2.84. The summed E-state index contributed by atoms with van der Waals surface area (Å²) in [6.07, 6.45) is 3.14. The number of nitrogens with zero attached hydrogens (tertiary/aromatic N) is 3. The Bertz CT molecular complexity index is 1010. The number of halogens is 1. The third-order valence-corrected chi connectivity index (χ3v) is 4.46. The van der Waals surface area contributed by atoms with Crippen LogP contribution in [0.1, 0.15) is 27.3 Å². The molecular weight excluding hydrogens is 364 g/mol. The van der Waals surface area contributed by atoms with Gasteiger partial charge in [-0.25, -0.2) is 10.4 Å². The summed E-state index contributed by atoms with van der Waals surface area (Å²) in [4.78, 5) is 16.0. The molecule has 138 valence electrons. The molecule has 0 saturated carbocycles. The van der Waals surface area contributed by atoms with Crippen LogP contribution in [0.3, 0.4) is 0 Å². The number of ether oxygens (including phenoxy) is 1. The van der Waals surface area contributed by atoms with Gasteiger partial charge in [-0.05, 0) is 44.2 Å². The van der Waals surface area contributed by atoms with Crippen molar-refractivity contribution in [1.82, 2.24) is 15.0 Å². The van der Waals surface area contributed by atoms with Gasteiger partial charge in [0.1, 0.15) is 10.9 Å². The van der Waals surface area contributed by atoms with E-state index >= 15 is 0 Å².